The highest BCUT2D eigenvalue weighted by Crippen LogP contribution is 2.39. The Morgan fingerprint density at radius 2 is 2.16 bits per heavy atom. The number of allylic oxidation sites excluding steroid dienone is 1. The average Bonchev–Trinajstić information content (AvgIpc) is 3.13. The van der Waals surface area contributed by atoms with Gasteiger partial charge in [0.2, 0.25) is 0 Å². The van der Waals surface area contributed by atoms with Gasteiger partial charge >= 0.3 is 0 Å². The highest BCUT2D eigenvalue weighted by atomic mass is 32.2. The first-order valence-corrected chi connectivity index (χ1v) is 8.24. The van der Waals surface area contributed by atoms with Gasteiger partial charge in [0.15, 0.2) is 17.4 Å². The highest BCUT2D eigenvalue weighted by Gasteiger charge is 2.41. The predicted molar refractivity (Wildman–Crippen MR) is 95.6 cm³/mol. The topological polar surface area (TPSA) is 87.3 Å². The average molecular weight is 354 g/mol. The fraction of sp³-hybridized carbons (Fsp3) is 0.176. The predicted octanol–water partition coefficient (Wildman–Crippen LogP) is 2.74. The van der Waals surface area contributed by atoms with E-state index in [1.54, 1.807) is 25.3 Å². The number of aliphatic imine (C=N–C) groups is 2. The molecule has 2 aliphatic rings. The van der Waals surface area contributed by atoms with Crippen LogP contribution in [0.3, 0.4) is 0 Å². The second-order valence-electron chi connectivity index (χ2n) is 4.89. The number of nitrogens with zero attached hydrogens (tertiary/aromatic N) is 4. The van der Waals surface area contributed by atoms with Crippen LogP contribution < -0.4 is 4.74 Å². The van der Waals surface area contributed by atoms with Gasteiger partial charge in [0.05, 0.1) is 13.7 Å². The molecule has 0 bridgehead atoms. The van der Waals surface area contributed by atoms with Crippen molar-refractivity contribution in [2.75, 3.05) is 13.7 Å². The zero-order chi connectivity index (χ0) is 17.8. The molecule has 0 atom stereocenters. The van der Waals surface area contributed by atoms with Crippen molar-refractivity contribution < 1.29 is 14.3 Å². The molecule has 0 fully saturated rings. The molecule has 3 rings (SSSR count). The summed E-state index contributed by atoms with van der Waals surface area (Å²) in [5.74, 6) is 0.645. The van der Waals surface area contributed by atoms with E-state index >= 15 is 0 Å². The molecule has 0 unspecified atom stereocenters. The van der Waals surface area contributed by atoms with Crippen LogP contribution in [-0.2, 0) is 9.53 Å². The molecule has 0 N–H and O–H groups in total. The lowest BCUT2D eigenvalue weighted by Crippen LogP contribution is -2.25. The Kier molecular flexibility index (Phi) is 4.86. The third-order valence-electron chi connectivity index (χ3n) is 3.37. The number of fused-ring (bicyclic) bond motifs is 1. The lowest BCUT2D eigenvalue weighted by atomic mass is 10.2. The molecule has 1 aromatic rings. The number of benzene rings is 1. The van der Waals surface area contributed by atoms with Crippen LogP contribution in [0.5, 0.6) is 5.75 Å². The fourth-order valence-electron chi connectivity index (χ4n) is 2.20. The van der Waals surface area contributed by atoms with Crippen molar-refractivity contribution in [1.29, 1.82) is 5.26 Å². The van der Waals surface area contributed by atoms with Gasteiger partial charge in [-0.1, -0.05) is 12.1 Å². The van der Waals surface area contributed by atoms with Gasteiger partial charge in [-0.25, -0.2) is 14.9 Å². The summed E-state index contributed by atoms with van der Waals surface area (Å²) in [4.78, 5) is 22.7. The molecular weight excluding hydrogens is 340 g/mol. The van der Waals surface area contributed by atoms with E-state index in [4.69, 9.17) is 9.47 Å². The summed E-state index contributed by atoms with van der Waals surface area (Å²) in [6.45, 7) is 2.27. The summed E-state index contributed by atoms with van der Waals surface area (Å²) in [6, 6.07) is 9.31. The van der Waals surface area contributed by atoms with E-state index in [0.29, 0.717) is 16.7 Å². The van der Waals surface area contributed by atoms with Crippen LogP contribution in [0.25, 0.3) is 6.08 Å². The minimum atomic E-state index is -0.327. The highest BCUT2D eigenvalue weighted by molar-refractivity contribution is 8.17. The number of carbonyl (C=O) groups is 1. The molecule has 2 heterocycles. The number of ether oxygens (including phenoxy) is 2. The van der Waals surface area contributed by atoms with Crippen molar-refractivity contribution in [3.8, 4) is 11.8 Å². The van der Waals surface area contributed by atoms with E-state index in [1.165, 1.54) is 11.3 Å². The molecule has 126 valence electrons. The van der Waals surface area contributed by atoms with E-state index in [1.807, 2.05) is 25.1 Å². The molecule has 0 aromatic heterocycles. The lowest BCUT2D eigenvalue weighted by molar-refractivity contribution is -0.121. The van der Waals surface area contributed by atoms with E-state index in [-0.39, 0.29) is 17.4 Å². The van der Waals surface area contributed by atoms with Crippen molar-refractivity contribution in [2.24, 2.45) is 9.98 Å². The molecule has 0 saturated heterocycles. The van der Waals surface area contributed by atoms with E-state index < -0.39 is 0 Å². The first kappa shape index (κ1) is 16.8. The maximum atomic E-state index is 12.7. The van der Waals surface area contributed by atoms with Crippen molar-refractivity contribution in [1.82, 2.24) is 4.90 Å². The van der Waals surface area contributed by atoms with Gasteiger partial charge in [-0.15, -0.1) is 0 Å². The summed E-state index contributed by atoms with van der Waals surface area (Å²) in [6.07, 6.45) is 2.91. The van der Waals surface area contributed by atoms with E-state index in [2.05, 4.69) is 9.98 Å². The molecule has 0 spiro atoms. The molecule has 1 amide bonds. The minimum Gasteiger partial charge on any atom is -0.497 e. The Balaban J connectivity index is 1.87. The number of methoxy groups -OCH3 is 1. The minimum absolute atomic E-state index is 0.239. The van der Waals surface area contributed by atoms with Gasteiger partial charge in [0.25, 0.3) is 5.91 Å². The Bertz CT molecular complexity index is 863. The smallest absolute Gasteiger partial charge is 0.284 e. The van der Waals surface area contributed by atoms with Crippen molar-refractivity contribution >= 4 is 35.3 Å². The number of hydrogen-bond donors (Lipinski definition) is 0. The van der Waals surface area contributed by atoms with Crippen LogP contribution in [0, 0.1) is 11.3 Å². The maximum Gasteiger partial charge on any atom is 0.284 e. The standard InChI is InChI=1S/C17H14N4O3S/c1-3-24-10-19-15-14(9-18)25-17-20-13(16(22)21(15)17)8-11-4-6-12(23-2)7-5-11/h4-8,10H,3H2,1-2H3/b13-8-,19-10+. The third-order valence-corrected chi connectivity index (χ3v) is 4.31. The van der Waals surface area contributed by atoms with Crippen molar-refractivity contribution in [3.05, 3.63) is 46.3 Å². The normalized spacial score (nSPS) is 18.0. The largest absolute Gasteiger partial charge is 0.497 e. The van der Waals surface area contributed by atoms with Crippen LogP contribution in [0.4, 0.5) is 0 Å². The molecule has 25 heavy (non-hydrogen) atoms. The molecule has 8 heteroatoms. The Morgan fingerprint density at radius 1 is 1.40 bits per heavy atom. The number of rotatable bonds is 5. The first-order chi connectivity index (χ1) is 12.2. The second-order valence-corrected chi connectivity index (χ2v) is 5.87. The zero-order valence-corrected chi connectivity index (χ0v) is 14.4. The van der Waals surface area contributed by atoms with Crippen molar-refractivity contribution in [2.45, 2.75) is 6.92 Å². The van der Waals surface area contributed by atoms with Gasteiger partial charge in [0, 0.05) is 0 Å². The molecule has 1 aromatic carbocycles. The van der Waals surface area contributed by atoms with Crippen LogP contribution in [0.1, 0.15) is 12.5 Å². The van der Waals surface area contributed by atoms with Gasteiger partial charge in [0.1, 0.15) is 22.4 Å². The molecule has 0 aliphatic carbocycles. The van der Waals surface area contributed by atoms with Crippen molar-refractivity contribution in [3.63, 3.8) is 0 Å². The van der Waals surface area contributed by atoms with Crippen LogP contribution in [0.15, 0.2) is 50.7 Å². The maximum absolute atomic E-state index is 12.7. The van der Waals surface area contributed by atoms with Crippen LogP contribution in [0.2, 0.25) is 0 Å². The molecule has 2 aliphatic heterocycles. The number of carbonyl (C=O) groups excluding carboxylic acids is 1. The Hall–Kier alpha value is -3.05. The quantitative estimate of drug-likeness (QED) is 0.461. The summed E-state index contributed by atoms with van der Waals surface area (Å²) in [5, 5.41) is 9.64. The SMILES string of the molecule is CCO/C=N/C1=C(C#N)SC2=N/C(=C\c3ccc(OC)cc3)C(=O)N21. The van der Waals surface area contributed by atoms with Crippen LogP contribution in [-0.4, -0.2) is 36.1 Å². The third kappa shape index (κ3) is 3.27. The summed E-state index contributed by atoms with van der Waals surface area (Å²) >= 11 is 1.11. The molecule has 0 saturated carbocycles. The zero-order valence-electron chi connectivity index (χ0n) is 13.6. The molecule has 0 radical (unpaired) electrons. The summed E-state index contributed by atoms with van der Waals surface area (Å²) in [5.41, 5.74) is 1.11. The first-order valence-electron chi connectivity index (χ1n) is 7.43. The summed E-state index contributed by atoms with van der Waals surface area (Å²) in [7, 11) is 1.59. The van der Waals surface area contributed by atoms with Gasteiger partial charge < -0.3 is 9.47 Å². The number of amides is 1. The second kappa shape index (κ2) is 7.23. The van der Waals surface area contributed by atoms with E-state index in [0.717, 1.165) is 23.1 Å². The number of thioether (sulfide) groups is 1. The monoisotopic (exact) mass is 354 g/mol. The summed E-state index contributed by atoms with van der Waals surface area (Å²) < 4.78 is 10.2. The number of amidine groups is 1. The lowest BCUT2D eigenvalue weighted by Gasteiger charge is -2.09. The Morgan fingerprint density at radius 3 is 2.80 bits per heavy atom. The van der Waals surface area contributed by atoms with Gasteiger partial charge in [-0.3, -0.25) is 4.79 Å². The fourth-order valence-corrected chi connectivity index (χ4v) is 3.07. The van der Waals surface area contributed by atoms with Gasteiger partial charge in [-0.2, -0.15) is 5.26 Å². The number of hydrogen-bond acceptors (Lipinski definition) is 7. The van der Waals surface area contributed by atoms with Crippen LogP contribution >= 0.6 is 11.8 Å². The Labute approximate surface area is 149 Å². The van der Waals surface area contributed by atoms with E-state index in [9.17, 15) is 10.1 Å². The number of nitriles is 1. The molecule has 7 nitrogen and oxygen atoms in total. The van der Waals surface area contributed by atoms with Gasteiger partial charge in [-0.05, 0) is 42.5 Å². The molecular formula is C17H14N4O3S.